The molecule has 1 saturated heterocycles. The van der Waals surface area contributed by atoms with E-state index in [0.29, 0.717) is 38.6 Å². The monoisotopic (exact) mass is 710 g/mol. The van der Waals surface area contributed by atoms with Crippen LogP contribution in [0.1, 0.15) is 150 Å². The zero-order valence-electron chi connectivity index (χ0n) is 32.0. The van der Waals surface area contributed by atoms with Crippen molar-refractivity contribution in [3.05, 3.63) is 12.2 Å². The molecule has 0 saturated carbocycles. The first-order valence-electron chi connectivity index (χ1n) is 19.6. The van der Waals surface area contributed by atoms with E-state index >= 15 is 0 Å². The summed E-state index contributed by atoms with van der Waals surface area (Å²) in [6, 6.07) is -0.532. The Morgan fingerprint density at radius 3 is 2.02 bits per heavy atom. The van der Waals surface area contributed by atoms with E-state index in [1.54, 1.807) is 18.7 Å². The second-order valence-electron chi connectivity index (χ2n) is 14.0. The second kappa shape index (κ2) is 28.3. The summed E-state index contributed by atoms with van der Waals surface area (Å²) < 4.78 is 10.9. The van der Waals surface area contributed by atoms with Crippen molar-refractivity contribution in [2.24, 2.45) is 5.92 Å². The number of carbonyl (C=O) groups excluding carboxylic acids is 4. The highest BCUT2D eigenvalue weighted by Crippen LogP contribution is 2.26. The maximum atomic E-state index is 13.3. The fourth-order valence-corrected chi connectivity index (χ4v) is 6.23. The van der Waals surface area contributed by atoms with Crippen molar-refractivity contribution in [1.29, 1.82) is 0 Å². The maximum Gasteiger partial charge on any atom is 0.222 e. The number of amides is 3. The molecule has 0 aliphatic carbocycles. The molecule has 0 aromatic heterocycles. The van der Waals surface area contributed by atoms with Crippen molar-refractivity contribution in [1.82, 2.24) is 15.5 Å². The molecule has 11 nitrogen and oxygen atoms in total. The molecule has 1 heterocycles. The molecule has 50 heavy (non-hydrogen) atoms. The first-order chi connectivity index (χ1) is 24.0. The number of unbranched alkanes of at least 4 members (excludes halogenated alkanes) is 12. The highest BCUT2D eigenvalue weighted by Gasteiger charge is 2.42. The third-order valence-electron chi connectivity index (χ3n) is 9.73. The molecule has 0 aromatic carbocycles. The number of methoxy groups -OCH3 is 1. The molecular formula is C39H71N3O8. The molecule has 1 fully saturated rings. The minimum Gasteiger partial charge on any atom is -0.390 e. The highest BCUT2D eigenvalue weighted by atomic mass is 16.7. The summed E-state index contributed by atoms with van der Waals surface area (Å²) in [6.07, 6.45) is 19.0. The molecule has 6 atom stereocenters. The quantitative estimate of drug-likeness (QED) is 0.0567. The molecule has 11 heteroatoms. The van der Waals surface area contributed by atoms with Crippen LogP contribution in [0, 0.1) is 5.92 Å². The molecule has 1 aliphatic rings. The standard InChI is InChI=1S/C39H71N3O8/c1-6-8-9-10-11-12-13-14-15-16-17-18-19-20-21-25-36(46)42(27-23-22-24-32(31(4)43)41-34(44)7-2)28-26-35(45)40-29-33-30(3)37(47)38(48)39(49-5)50-33/h14-15,30,32-33,37-39,47-48H,6-13,16-29H2,1-5H3,(H,40,45)(H,41,44)/b15-14-/t30-,32-,33?,37+,38-,39?/m0/s1. The minimum atomic E-state index is -1.17. The number of nitrogens with zero attached hydrogens (tertiary/aromatic N) is 1. The van der Waals surface area contributed by atoms with Gasteiger partial charge in [-0.1, -0.05) is 84.3 Å². The van der Waals surface area contributed by atoms with Gasteiger partial charge in [-0.15, -0.1) is 0 Å². The molecule has 0 aromatic rings. The lowest BCUT2D eigenvalue weighted by atomic mass is 9.90. The third kappa shape index (κ3) is 19.9. The van der Waals surface area contributed by atoms with Gasteiger partial charge in [0, 0.05) is 51.9 Å². The Morgan fingerprint density at radius 2 is 1.42 bits per heavy atom. The van der Waals surface area contributed by atoms with Gasteiger partial charge in [0.1, 0.15) is 6.10 Å². The molecule has 0 bridgehead atoms. The Bertz CT molecular complexity index is 975. The fourth-order valence-electron chi connectivity index (χ4n) is 6.23. The van der Waals surface area contributed by atoms with Crippen molar-refractivity contribution in [2.45, 2.75) is 180 Å². The van der Waals surface area contributed by atoms with Crippen LogP contribution in [0.4, 0.5) is 0 Å². The summed E-state index contributed by atoms with van der Waals surface area (Å²) in [4.78, 5) is 51.7. The van der Waals surface area contributed by atoms with Crippen LogP contribution in [-0.4, -0.2) is 96.0 Å². The summed E-state index contributed by atoms with van der Waals surface area (Å²) in [5, 5.41) is 26.1. The maximum absolute atomic E-state index is 13.3. The van der Waals surface area contributed by atoms with Crippen LogP contribution in [0.15, 0.2) is 12.2 Å². The van der Waals surface area contributed by atoms with Crippen molar-refractivity contribution < 1.29 is 38.9 Å². The predicted octanol–water partition coefficient (Wildman–Crippen LogP) is 5.74. The number of carbonyl (C=O) groups is 4. The Morgan fingerprint density at radius 1 is 0.800 bits per heavy atom. The van der Waals surface area contributed by atoms with E-state index in [4.69, 9.17) is 9.47 Å². The van der Waals surface area contributed by atoms with E-state index in [-0.39, 0.29) is 43.0 Å². The molecular weight excluding hydrogens is 638 g/mol. The van der Waals surface area contributed by atoms with Crippen LogP contribution in [0.5, 0.6) is 0 Å². The van der Waals surface area contributed by atoms with Gasteiger partial charge >= 0.3 is 0 Å². The number of rotatable bonds is 29. The van der Waals surface area contributed by atoms with Crippen LogP contribution >= 0.6 is 0 Å². The van der Waals surface area contributed by atoms with Gasteiger partial charge in [-0.25, -0.2) is 0 Å². The summed E-state index contributed by atoms with van der Waals surface area (Å²) in [7, 11) is 1.39. The lowest BCUT2D eigenvalue weighted by Crippen LogP contribution is -2.56. The molecule has 1 aliphatic heterocycles. The van der Waals surface area contributed by atoms with Gasteiger partial charge in [0.05, 0.1) is 18.2 Å². The zero-order valence-corrected chi connectivity index (χ0v) is 32.0. The largest absolute Gasteiger partial charge is 0.390 e. The lowest BCUT2D eigenvalue weighted by Gasteiger charge is -2.40. The molecule has 0 spiro atoms. The number of aliphatic hydroxyl groups excluding tert-OH is 2. The Balaban J connectivity index is 2.51. The summed E-state index contributed by atoms with van der Waals surface area (Å²) >= 11 is 0. The van der Waals surface area contributed by atoms with E-state index in [1.165, 1.54) is 65.4 Å². The first-order valence-corrected chi connectivity index (χ1v) is 19.6. The SMILES string of the molecule is CCCCCCCC/C=C\CCCCCCCC(=O)N(CCCC[C@H](NC(=O)CC)C(C)=O)CCC(=O)NCC1OC(OC)[C@@H](O)[C@H](O)[C@H]1C. The zero-order chi connectivity index (χ0) is 37.1. The second-order valence-corrected chi connectivity index (χ2v) is 14.0. The van der Waals surface area contributed by atoms with Crippen LogP contribution in [0.25, 0.3) is 0 Å². The number of allylic oxidation sites excluding steroid dienone is 2. The van der Waals surface area contributed by atoms with Crippen molar-refractivity contribution in [3.8, 4) is 0 Å². The lowest BCUT2D eigenvalue weighted by molar-refractivity contribution is -0.274. The van der Waals surface area contributed by atoms with Crippen LogP contribution in [-0.2, 0) is 28.7 Å². The molecule has 3 amide bonds. The smallest absolute Gasteiger partial charge is 0.222 e. The van der Waals surface area contributed by atoms with Crippen molar-refractivity contribution >= 4 is 23.5 Å². The van der Waals surface area contributed by atoms with E-state index < -0.39 is 36.6 Å². The number of ether oxygens (including phenoxy) is 2. The summed E-state index contributed by atoms with van der Waals surface area (Å²) in [5.74, 6) is -0.891. The van der Waals surface area contributed by atoms with Gasteiger partial charge in [-0.2, -0.15) is 0 Å². The number of aliphatic hydroxyl groups is 2. The predicted molar refractivity (Wildman–Crippen MR) is 197 cm³/mol. The van der Waals surface area contributed by atoms with Gasteiger partial charge in [0.15, 0.2) is 12.1 Å². The topological polar surface area (TPSA) is 154 Å². The molecule has 1 rings (SSSR count). The highest BCUT2D eigenvalue weighted by molar-refractivity contribution is 5.87. The summed E-state index contributed by atoms with van der Waals surface area (Å²) in [5.41, 5.74) is 0. The number of Topliss-reactive ketones (excluding diaryl/α,β-unsaturated/α-hetero) is 1. The molecule has 290 valence electrons. The van der Waals surface area contributed by atoms with E-state index in [0.717, 1.165) is 32.1 Å². The van der Waals surface area contributed by atoms with Gasteiger partial charge in [0.25, 0.3) is 0 Å². The normalized spacial score (nSPS) is 21.2. The molecule has 0 radical (unpaired) electrons. The van der Waals surface area contributed by atoms with Crippen LogP contribution in [0.2, 0.25) is 0 Å². The van der Waals surface area contributed by atoms with Gasteiger partial charge in [-0.3, -0.25) is 19.2 Å². The minimum absolute atomic E-state index is 0.0158. The Labute approximate surface area is 302 Å². The van der Waals surface area contributed by atoms with Gasteiger partial charge in [0.2, 0.25) is 17.7 Å². The van der Waals surface area contributed by atoms with Crippen molar-refractivity contribution in [3.63, 3.8) is 0 Å². The third-order valence-corrected chi connectivity index (χ3v) is 9.73. The Kier molecular flexibility index (Phi) is 25.8. The van der Waals surface area contributed by atoms with E-state index in [9.17, 15) is 29.4 Å². The fraction of sp³-hybridized carbons (Fsp3) is 0.846. The first kappa shape index (κ1) is 45.7. The Hall–Kier alpha value is -2.34. The van der Waals surface area contributed by atoms with Crippen LogP contribution < -0.4 is 10.6 Å². The number of ketones is 1. The van der Waals surface area contributed by atoms with E-state index in [1.807, 2.05) is 0 Å². The van der Waals surface area contributed by atoms with Crippen LogP contribution in [0.3, 0.4) is 0 Å². The average molecular weight is 710 g/mol. The summed E-state index contributed by atoms with van der Waals surface area (Å²) in [6.45, 7) is 8.08. The molecule has 2 unspecified atom stereocenters. The van der Waals surface area contributed by atoms with Gasteiger partial charge in [-0.05, 0) is 58.3 Å². The number of hydrogen-bond acceptors (Lipinski definition) is 8. The average Bonchev–Trinajstić information content (AvgIpc) is 3.10. The van der Waals surface area contributed by atoms with Crippen molar-refractivity contribution in [2.75, 3.05) is 26.7 Å². The molecule has 4 N–H and O–H groups in total. The van der Waals surface area contributed by atoms with Gasteiger partial charge < -0.3 is 35.2 Å². The number of hydrogen-bond donors (Lipinski definition) is 4. The number of nitrogens with one attached hydrogen (secondary N) is 2. The van der Waals surface area contributed by atoms with E-state index in [2.05, 4.69) is 29.7 Å².